The molecule has 0 radical (unpaired) electrons. The average Bonchev–Trinajstić information content (AvgIpc) is 2.97. The molecule has 5 heteroatoms. The highest BCUT2D eigenvalue weighted by atomic mass is 16.5. The summed E-state index contributed by atoms with van der Waals surface area (Å²) in [7, 11) is 1.64. The Morgan fingerprint density at radius 1 is 1.14 bits per heavy atom. The summed E-state index contributed by atoms with van der Waals surface area (Å²) in [5, 5.41) is 17.8. The van der Waals surface area contributed by atoms with Crippen molar-refractivity contribution in [2.75, 3.05) is 13.7 Å². The monoisotopic (exact) mass is 283 g/mol. The van der Waals surface area contributed by atoms with Crippen LogP contribution in [0.25, 0.3) is 11.0 Å². The van der Waals surface area contributed by atoms with Gasteiger partial charge in [-0.15, -0.1) is 5.10 Å². The minimum Gasteiger partial charge on any atom is -0.497 e. The number of nitrogens with zero attached hydrogens (tertiary/aromatic N) is 3. The summed E-state index contributed by atoms with van der Waals surface area (Å²) in [6, 6.07) is 15.6. The van der Waals surface area contributed by atoms with Crippen LogP contribution < -0.4 is 4.74 Å². The van der Waals surface area contributed by atoms with Gasteiger partial charge in [-0.05, 0) is 36.2 Å². The molecule has 3 rings (SSSR count). The molecule has 0 aliphatic carbocycles. The minimum atomic E-state index is -0.0479. The van der Waals surface area contributed by atoms with E-state index in [1.165, 1.54) is 0 Å². The summed E-state index contributed by atoms with van der Waals surface area (Å²) in [5.74, 6) is 0.810. The molecule has 3 aromatic rings. The van der Waals surface area contributed by atoms with E-state index < -0.39 is 0 Å². The number of hydrogen-bond donors (Lipinski definition) is 1. The lowest BCUT2D eigenvalue weighted by Gasteiger charge is -2.17. The van der Waals surface area contributed by atoms with E-state index in [-0.39, 0.29) is 12.6 Å². The molecule has 1 N–H and O–H groups in total. The van der Waals surface area contributed by atoms with Crippen LogP contribution in [0.5, 0.6) is 5.75 Å². The fourth-order valence-corrected chi connectivity index (χ4v) is 2.50. The van der Waals surface area contributed by atoms with Crippen molar-refractivity contribution in [3.63, 3.8) is 0 Å². The van der Waals surface area contributed by atoms with E-state index in [0.717, 1.165) is 22.3 Å². The number of methoxy groups -OCH3 is 1. The number of hydrogen-bond acceptors (Lipinski definition) is 4. The highest BCUT2D eigenvalue weighted by molar-refractivity contribution is 5.74. The van der Waals surface area contributed by atoms with Gasteiger partial charge in [0.2, 0.25) is 0 Å². The van der Waals surface area contributed by atoms with E-state index in [2.05, 4.69) is 10.3 Å². The molecule has 0 aliphatic heterocycles. The van der Waals surface area contributed by atoms with Gasteiger partial charge in [-0.3, -0.25) is 0 Å². The van der Waals surface area contributed by atoms with E-state index in [4.69, 9.17) is 4.74 Å². The van der Waals surface area contributed by atoms with Gasteiger partial charge in [0.1, 0.15) is 11.3 Å². The third-order valence-electron chi connectivity index (χ3n) is 3.58. The third-order valence-corrected chi connectivity index (χ3v) is 3.58. The molecule has 5 nitrogen and oxygen atoms in total. The fraction of sp³-hybridized carbons (Fsp3) is 0.250. The summed E-state index contributed by atoms with van der Waals surface area (Å²) < 4.78 is 7.05. The van der Waals surface area contributed by atoms with E-state index >= 15 is 0 Å². The van der Waals surface area contributed by atoms with Crippen LogP contribution in [-0.2, 0) is 0 Å². The van der Waals surface area contributed by atoms with Gasteiger partial charge in [0, 0.05) is 6.61 Å². The van der Waals surface area contributed by atoms with Gasteiger partial charge in [0.25, 0.3) is 0 Å². The Bertz CT molecular complexity index is 722. The summed E-state index contributed by atoms with van der Waals surface area (Å²) in [6.07, 6.45) is 0.583. The van der Waals surface area contributed by atoms with Gasteiger partial charge in [0.15, 0.2) is 0 Å². The smallest absolute Gasteiger partial charge is 0.118 e. The Balaban J connectivity index is 2.04. The second-order valence-corrected chi connectivity index (χ2v) is 4.82. The van der Waals surface area contributed by atoms with Crippen LogP contribution in [0.1, 0.15) is 18.0 Å². The first-order valence-corrected chi connectivity index (χ1v) is 6.88. The quantitative estimate of drug-likeness (QED) is 0.781. The van der Waals surface area contributed by atoms with Crippen molar-refractivity contribution in [2.24, 2.45) is 0 Å². The van der Waals surface area contributed by atoms with Crippen LogP contribution in [0, 0.1) is 0 Å². The molecular weight excluding hydrogens is 266 g/mol. The molecule has 1 atom stereocenters. The van der Waals surface area contributed by atoms with Crippen LogP contribution in [0.2, 0.25) is 0 Å². The number of aromatic nitrogens is 3. The topological polar surface area (TPSA) is 60.2 Å². The van der Waals surface area contributed by atoms with Crippen LogP contribution in [0.3, 0.4) is 0 Å². The van der Waals surface area contributed by atoms with Crippen LogP contribution in [-0.4, -0.2) is 33.8 Å². The average molecular weight is 283 g/mol. The molecule has 0 spiro atoms. The standard InChI is InChI=1S/C16H17N3O2/c1-21-13-8-6-12(7-9-13)15(10-11-20)19-16-5-3-2-4-14(16)17-18-19/h2-9,15,20H,10-11H2,1H3. The fourth-order valence-electron chi connectivity index (χ4n) is 2.50. The van der Waals surface area contributed by atoms with Gasteiger partial charge in [0.05, 0.1) is 18.7 Å². The normalized spacial score (nSPS) is 12.5. The minimum absolute atomic E-state index is 0.0479. The zero-order valence-electron chi connectivity index (χ0n) is 11.8. The van der Waals surface area contributed by atoms with Crippen molar-refractivity contribution in [1.29, 1.82) is 0 Å². The molecule has 0 saturated heterocycles. The molecule has 21 heavy (non-hydrogen) atoms. The first kappa shape index (κ1) is 13.6. The number of aliphatic hydroxyl groups is 1. The van der Waals surface area contributed by atoms with Crippen LogP contribution in [0.4, 0.5) is 0 Å². The molecular formula is C16H17N3O2. The lowest BCUT2D eigenvalue weighted by molar-refractivity contribution is 0.264. The van der Waals surface area contributed by atoms with E-state index in [9.17, 15) is 5.11 Å². The van der Waals surface area contributed by atoms with Gasteiger partial charge in [-0.1, -0.05) is 29.5 Å². The van der Waals surface area contributed by atoms with Crippen LogP contribution >= 0.6 is 0 Å². The highest BCUT2D eigenvalue weighted by Gasteiger charge is 2.17. The first-order valence-electron chi connectivity index (χ1n) is 6.88. The Hall–Kier alpha value is -2.40. The summed E-state index contributed by atoms with van der Waals surface area (Å²) in [6.45, 7) is 0.0882. The summed E-state index contributed by atoms with van der Waals surface area (Å²) >= 11 is 0. The molecule has 0 bridgehead atoms. The SMILES string of the molecule is COc1ccc(C(CCO)n2nnc3ccccc32)cc1. The molecule has 1 aromatic heterocycles. The second-order valence-electron chi connectivity index (χ2n) is 4.82. The molecule has 0 saturated carbocycles. The van der Waals surface area contributed by atoms with Crippen molar-refractivity contribution in [1.82, 2.24) is 15.0 Å². The molecule has 1 heterocycles. The van der Waals surface area contributed by atoms with Crippen molar-refractivity contribution < 1.29 is 9.84 Å². The molecule has 108 valence electrons. The number of aliphatic hydroxyl groups excluding tert-OH is 1. The molecule has 0 amide bonds. The van der Waals surface area contributed by atoms with Crippen LogP contribution in [0.15, 0.2) is 48.5 Å². The Kier molecular flexibility index (Phi) is 3.83. The number of fused-ring (bicyclic) bond motifs is 1. The third kappa shape index (κ3) is 2.60. The predicted octanol–water partition coefficient (Wildman–Crippen LogP) is 2.41. The maximum absolute atomic E-state index is 9.38. The largest absolute Gasteiger partial charge is 0.497 e. The zero-order valence-corrected chi connectivity index (χ0v) is 11.8. The number of rotatable bonds is 5. The highest BCUT2D eigenvalue weighted by Crippen LogP contribution is 2.26. The molecule has 0 fully saturated rings. The van der Waals surface area contributed by atoms with Gasteiger partial charge < -0.3 is 9.84 Å². The molecule has 0 aliphatic rings. The lowest BCUT2D eigenvalue weighted by atomic mass is 10.0. The Morgan fingerprint density at radius 3 is 2.62 bits per heavy atom. The Morgan fingerprint density at radius 2 is 1.90 bits per heavy atom. The van der Waals surface area contributed by atoms with Crippen molar-refractivity contribution in [3.05, 3.63) is 54.1 Å². The Labute approximate surface area is 122 Å². The van der Waals surface area contributed by atoms with Gasteiger partial charge >= 0.3 is 0 Å². The number of para-hydroxylation sites is 1. The van der Waals surface area contributed by atoms with E-state index in [1.807, 2.05) is 53.2 Å². The van der Waals surface area contributed by atoms with Crippen molar-refractivity contribution >= 4 is 11.0 Å². The first-order chi connectivity index (χ1) is 10.3. The lowest BCUT2D eigenvalue weighted by Crippen LogP contribution is -2.14. The predicted molar refractivity (Wildman–Crippen MR) is 80.4 cm³/mol. The van der Waals surface area contributed by atoms with Gasteiger partial charge in [-0.2, -0.15) is 0 Å². The van der Waals surface area contributed by atoms with Crippen molar-refractivity contribution in [2.45, 2.75) is 12.5 Å². The maximum atomic E-state index is 9.38. The van der Waals surface area contributed by atoms with Crippen molar-refractivity contribution in [3.8, 4) is 5.75 Å². The summed E-state index contributed by atoms with van der Waals surface area (Å²) in [4.78, 5) is 0. The molecule has 1 unspecified atom stereocenters. The zero-order chi connectivity index (χ0) is 14.7. The van der Waals surface area contributed by atoms with E-state index in [1.54, 1.807) is 7.11 Å². The number of benzene rings is 2. The number of ether oxygens (including phenoxy) is 1. The summed E-state index contributed by atoms with van der Waals surface area (Å²) in [5.41, 5.74) is 2.89. The second kappa shape index (κ2) is 5.93. The maximum Gasteiger partial charge on any atom is 0.118 e. The molecule has 2 aromatic carbocycles. The van der Waals surface area contributed by atoms with E-state index in [0.29, 0.717) is 6.42 Å². The van der Waals surface area contributed by atoms with Gasteiger partial charge in [-0.25, -0.2) is 4.68 Å².